The van der Waals surface area contributed by atoms with Gasteiger partial charge in [-0.2, -0.15) is 5.10 Å². The van der Waals surface area contributed by atoms with E-state index >= 15 is 0 Å². The summed E-state index contributed by atoms with van der Waals surface area (Å²) in [5.74, 6) is -1.41. The van der Waals surface area contributed by atoms with Crippen LogP contribution in [-0.4, -0.2) is 47.8 Å². The SMILES string of the molecule is CCOC(=O)CCCNC(=O)COC(=O)c1n[nH]c2ccccc12. The van der Waals surface area contributed by atoms with Crippen molar-refractivity contribution in [3.8, 4) is 0 Å². The molecule has 128 valence electrons. The predicted molar refractivity (Wildman–Crippen MR) is 85.3 cm³/mol. The summed E-state index contributed by atoms with van der Waals surface area (Å²) in [5.41, 5.74) is 0.855. The Bertz CT molecular complexity index is 725. The number of nitrogens with zero attached hydrogens (tertiary/aromatic N) is 1. The fourth-order valence-electron chi connectivity index (χ4n) is 2.06. The van der Waals surface area contributed by atoms with Crippen LogP contribution < -0.4 is 5.32 Å². The van der Waals surface area contributed by atoms with Crippen LogP contribution >= 0.6 is 0 Å². The molecule has 0 atom stereocenters. The quantitative estimate of drug-likeness (QED) is 0.554. The summed E-state index contributed by atoms with van der Waals surface area (Å²) in [6.07, 6.45) is 0.690. The summed E-state index contributed by atoms with van der Waals surface area (Å²) in [5, 5.41) is 9.83. The Morgan fingerprint density at radius 2 is 2.00 bits per heavy atom. The van der Waals surface area contributed by atoms with E-state index < -0.39 is 18.5 Å². The number of carbonyl (C=O) groups is 3. The predicted octanol–water partition coefficient (Wildman–Crippen LogP) is 1.18. The van der Waals surface area contributed by atoms with Crippen LogP contribution in [0.4, 0.5) is 0 Å². The van der Waals surface area contributed by atoms with E-state index in [1.54, 1.807) is 25.1 Å². The molecule has 0 radical (unpaired) electrons. The number of fused-ring (bicyclic) bond motifs is 1. The van der Waals surface area contributed by atoms with Gasteiger partial charge in [-0.1, -0.05) is 18.2 Å². The van der Waals surface area contributed by atoms with Gasteiger partial charge in [0.15, 0.2) is 12.3 Å². The molecular weight excluding hydrogens is 314 g/mol. The van der Waals surface area contributed by atoms with Crippen molar-refractivity contribution in [1.29, 1.82) is 0 Å². The number of aromatic amines is 1. The van der Waals surface area contributed by atoms with E-state index in [-0.39, 0.29) is 18.1 Å². The van der Waals surface area contributed by atoms with Crippen molar-refractivity contribution in [3.05, 3.63) is 30.0 Å². The highest BCUT2D eigenvalue weighted by Gasteiger charge is 2.16. The lowest BCUT2D eigenvalue weighted by atomic mass is 10.2. The van der Waals surface area contributed by atoms with Crippen LogP contribution in [0.1, 0.15) is 30.3 Å². The number of hydrogen-bond acceptors (Lipinski definition) is 6. The largest absolute Gasteiger partial charge is 0.466 e. The number of para-hydroxylation sites is 1. The summed E-state index contributed by atoms with van der Waals surface area (Å²) >= 11 is 0. The average molecular weight is 333 g/mol. The molecule has 2 rings (SSSR count). The molecule has 0 spiro atoms. The Labute approximate surface area is 138 Å². The van der Waals surface area contributed by atoms with Crippen LogP contribution in [0.3, 0.4) is 0 Å². The molecule has 24 heavy (non-hydrogen) atoms. The van der Waals surface area contributed by atoms with E-state index in [0.717, 1.165) is 0 Å². The molecule has 0 saturated carbocycles. The second-order valence-electron chi connectivity index (χ2n) is 4.95. The number of amides is 1. The zero-order valence-corrected chi connectivity index (χ0v) is 13.3. The summed E-state index contributed by atoms with van der Waals surface area (Å²) in [4.78, 5) is 34.7. The third kappa shape index (κ3) is 4.80. The third-order valence-electron chi connectivity index (χ3n) is 3.18. The molecular formula is C16H19N3O5. The first-order valence-corrected chi connectivity index (χ1v) is 7.64. The Kier molecular flexibility index (Phi) is 6.30. The molecule has 0 aliphatic heterocycles. The molecule has 2 aromatic rings. The molecule has 1 amide bonds. The van der Waals surface area contributed by atoms with Crippen LogP contribution in [-0.2, 0) is 19.1 Å². The van der Waals surface area contributed by atoms with E-state index in [9.17, 15) is 14.4 Å². The van der Waals surface area contributed by atoms with Crippen molar-refractivity contribution in [1.82, 2.24) is 15.5 Å². The van der Waals surface area contributed by atoms with Gasteiger partial charge in [0.2, 0.25) is 0 Å². The average Bonchev–Trinajstić information content (AvgIpc) is 3.01. The first-order valence-electron chi connectivity index (χ1n) is 7.64. The van der Waals surface area contributed by atoms with Crippen molar-refractivity contribution in [2.24, 2.45) is 0 Å². The molecule has 0 saturated heterocycles. The molecule has 0 aliphatic carbocycles. The number of carbonyl (C=O) groups excluding carboxylic acids is 3. The highest BCUT2D eigenvalue weighted by atomic mass is 16.5. The fourth-order valence-corrected chi connectivity index (χ4v) is 2.06. The number of nitrogens with one attached hydrogen (secondary N) is 2. The van der Waals surface area contributed by atoms with Gasteiger partial charge in [-0.25, -0.2) is 4.79 Å². The van der Waals surface area contributed by atoms with Gasteiger partial charge in [0.25, 0.3) is 5.91 Å². The van der Waals surface area contributed by atoms with Gasteiger partial charge in [-0.15, -0.1) is 0 Å². The Balaban J connectivity index is 1.72. The normalized spacial score (nSPS) is 10.4. The van der Waals surface area contributed by atoms with Crippen molar-refractivity contribution < 1.29 is 23.9 Å². The first kappa shape index (κ1) is 17.5. The standard InChI is InChI=1S/C16H19N3O5/c1-2-23-14(21)8-5-9-17-13(20)10-24-16(22)15-11-6-3-4-7-12(11)18-19-15/h3-4,6-7H,2,5,8-10H2,1H3,(H,17,20)(H,18,19). The van der Waals surface area contributed by atoms with Gasteiger partial charge >= 0.3 is 11.9 Å². The number of aromatic nitrogens is 2. The summed E-state index contributed by atoms with van der Waals surface area (Å²) in [7, 11) is 0. The van der Waals surface area contributed by atoms with Crippen molar-refractivity contribution in [2.45, 2.75) is 19.8 Å². The number of esters is 2. The van der Waals surface area contributed by atoms with Crippen molar-refractivity contribution in [3.63, 3.8) is 0 Å². The van der Waals surface area contributed by atoms with E-state index in [4.69, 9.17) is 9.47 Å². The second-order valence-corrected chi connectivity index (χ2v) is 4.95. The molecule has 8 heteroatoms. The highest BCUT2D eigenvalue weighted by Crippen LogP contribution is 2.15. The Morgan fingerprint density at radius 1 is 1.21 bits per heavy atom. The zero-order chi connectivity index (χ0) is 17.4. The van der Waals surface area contributed by atoms with Crippen LogP contribution in [0.5, 0.6) is 0 Å². The fraction of sp³-hybridized carbons (Fsp3) is 0.375. The van der Waals surface area contributed by atoms with Gasteiger partial charge in [0.05, 0.1) is 12.1 Å². The minimum Gasteiger partial charge on any atom is -0.466 e. The van der Waals surface area contributed by atoms with Gasteiger partial charge < -0.3 is 14.8 Å². The Hall–Kier alpha value is -2.90. The smallest absolute Gasteiger partial charge is 0.359 e. The lowest BCUT2D eigenvalue weighted by Gasteiger charge is -2.06. The van der Waals surface area contributed by atoms with Gasteiger partial charge in [0, 0.05) is 18.4 Å². The third-order valence-corrected chi connectivity index (χ3v) is 3.18. The maximum atomic E-state index is 12.0. The molecule has 8 nitrogen and oxygen atoms in total. The molecule has 0 unspecified atom stereocenters. The van der Waals surface area contributed by atoms with E-state index in [2.05, 4.69) is 15.5 Å². The highest BCUT2D eigenvalue weighted by molar-refractivity contribution is 6.02. The molecule has 0 fully saturated rings. The van der Waals surface area contributed by atoms with Crippen LogP contribution in [0.2, 0.25) is 0 Å². The minimum atomic E-state index is -0.672. The lowest BCUT2D eigenvalue weighted by Crippen LogP contribution is -2.30. The summed E-state index contributed by atoms with van der Waals surface area (Å²) in [6.45, 7) is 1.97. The number of benzene rings is 1. The second kappa shape index (κ2) is 8.66. The number of ether oxygens (including phenoxy) is 2. The van der Waals surface area contributed by atoms with Crippen LogP contribution in [0, 0.1) is 0 Å². The molecule has 1 aromatic carbocycles. The zero-order valence-electron chi connectivity index (χ0n) is 13.3. The van der Waals surface area contributed by atoms with E-state index in [0.29, 0.717) is 30.5 Å². The summed E-state index contributed by atoms with van der Waals surface area (Å²) in [6, 6.07) is 7.13. The summed E-state index contributed by atoms with van der Waals surface area (Å²) < 4.78 is 9.72. The number of hydrogen-bond donors (Lipinski definition) is 2. The van der Waals surface area contributed by atoms with Crippen LogP contribution in [0.15, 0.2) is 24.3 Å². The number of H-pyrrole nitrogens is 1. The molecule has 0 aliphatic rings. The van der Waals surface area contributed by atoms with Gasteiger partial charge in [-0.3, -0.25) is 14.7 Å². The van der Waals surface area contributed by atoms with E-state index in [1.807, 2.05) is 6.07 Å². The number of rotatable bonds is 8. The van der Waals surface area contributed by atoms with Crippen molar-refractivity contribution in [2.75, 3.05) is 19.8 Å². The first-order chi connectivity index (χ1) is 11.6. The topological polar surface area (TPSA) is 110 Å². The monoisotopic (exact) mass is 333 g/mol. The Morgan fingerprint density at radius 3 is 2.79 bits per heavy atom. The van der Waals surface area contributed by atoms with Crippen LogP contribution in [0.25, 0.3) is 10.9 Å². The molecule has 0 bridgehead atoms. The minimum absolute atomic E-state index is 0.140. The van der Waals surface area contributed by atoms with E-state index in [1.165, 1.54) is 0 Å². The van der Waals surface area contributed by atoms with Crippen molar-refractivity contribution >= 4 is 28.7 Å². The molecule has 2 N–H and O–H groups in total. The molecule has 1 aromatic heterocycles. The lowest BCUT2D eigenvalue weighted by molar-refractivity contribution is -0.143. The van der Waals surface area contributed by atoms with Gasteiger partial charge in [-0.05, 0) is 19.4 Å². The molecule has 1 heterocycles. The maximum Gasteiger partial charge on any atom is 0.359 e. The maximum absolute atomic E-state index is 12.0. The van der Waals surface area contributed by atoms with Gasteiger partial charge in [0.1, 0.15) is 0 Å².